The molecule has 0 bridgehead atoms. The SMILES string of the molecule is N#Cc1ccnc(N2C[C@H]3CN(C(=O)C4CCC4)C[C@@]3(CCc3ccccc3)C2)c1. The van der Waals surface area contributed by atoms with Gasteiger partial charge >= 0.3 is 0 Å². The van der Waals surface area contributed by atoms with E-state index in [-0.39, 0.29) is 11.3 Å². The fraction of sp³-hybridized carbons (Fsp3) is 0.480. The lowest BCUT2D eigenvalue weighted by Crippen LogP contribution is -2.41. The summed E-state index contributed by atoms with van der Waals surface area (Å²) in [6.45, 7) is 3.53. The van der Waals surface area contributed by atoms with Gasteiger partial charge in [-0.3, -0.25) is 4.79 Å². The molecule has 2 aliphatic heterocycles. The van der Waals surface area contributed by atoms with Crippen molar-refractivity contribution in [3.05, 3.63) is 59.8 Å². The third-order valence-electron chi connectivity index (χ3n) is 7.48. The molecule has 3 aliphatic rings. The van der Waals surface area contributed by atoms with Crippen LogP contribution in [0.5, 0.6) is 0 Å². The average molecular weight is 401 g/mol. The van der Waals surface area contributed by atoms with Gasteiger partial charge in [0.15, 0.2) is 0 Å². The number of likely N-dealkylation sites (tertiary alicyclic amines) is 1. The molecule has 5 heteroatoms. The minimum Gasteiger partial charge on any atom is -0.356 e. The number of fused-ring (bicyclic) bond motifs is 1. The molecule has 3 fully saturated rings. The number of rotatable bonds is 5. The molecule has 2 aromatic rings. The summed E-state index contributed by atoms with van der Waals surface area (Å²) in [7, 11) is 0. The average Bonchev–Trinajstić information content (AvgIpc) is 3.26. The molecule has 1 aromatic carbocycles. The molecule has 1 saturated carbocycles. The summed E-state index contributed by atoms with van der Waals surface area (Å²) in [5.41, 5.74) is 2.11. The van der Waals surface area contributed by atoms with Gasteiger partial charge < -0.3 is 9.80 Å². The maximum Gasteiger partial charge on any atom is 0.225 e. The van der Waals surface area contributed by atoms with Gasteiger partial charge in [-0.15, -0.1) is 0 Å². The Bertz CT molecular complexity index is 965. The van der Waals surface area contributed by atoms with Crippen LogP contribution in [-0.2, 0) is 11.2 Å². The Balaban J connectivity index is 1.37. The van der Waals surface area contributed by atoms with Gasteiger partial charge in [0.05, 0.1) is 11.6 Å². The molecule has 5 rings (SSSR count). The molecule has 30 heavy (non-hydrogen) atoms. The summed E-state index contributed by atoms with van der Waals surface area (Å²) in [5.74, 6) is 1.99. The Morgan fingerprint density at radius 1 is 1.17 bits per heavy atom. The minimum atomic E-state index is 0.0968. The molecule has 2 atom stereocenters. The van der Waals surface area contributed by atoms with E-state index in [0.717, 1.165) is 57.7 Å². The first-order valence-electron chi connectivity index (χ1n) is 11.1. The van der Waals surface area contributed by atoms with E-state index in [1.165, 1.54) is 12.0 Å². The molecular formula is C25H28N4O. The van der Waals surface area contributed by atoms with Crippen LogP contribution in [0.4, 0.5) is 5.82 Å². The zero-order valence-electron chi connectivity index (χ0n) is 17.3. The van der Waals surface area contributed by atoms with Crippen LogP contribution in [0.3, 0.4) is 0 Å². The highest BCUT2D eigenvalue weighted by Crippen LogP contribution is 2.47. The van der Waals surface area contributed by atoms with Crippen molar-refractivity contribution < 1.29 is 4.79 Å². The predicted molar refractivity (Wildman–Crippen MR) is 116 cm³/mol. The number of carbonyl (C=O) groups is 1. The number of benzene rings is 1. The van der Waals surface area contributed by atoms with E-state index >= 15 is 0 Å². The smallest absolute Gasteiger partial charge is 0.225 e. The van der Waals surface area contributed by atoms with Crippen molar-refractivity contribution in [2.75, 3.05) is 31.1 Å². The van der Waals surface area contributed by atoms with Crippen LogP contribution in [0.15, 0.2) is 48.7 Å². The third-order valence-corrected chi connectivity index (χ3v) is 7.48. The van der Waals surface area contributed by atoms with Crippen LogP contribution in [0.25, 0.3) is 0 Å². The summed E-state index contributed by atoms with van der Waals surface area (Å²) in [4.78, 5) is 22.0. The van der Waals surface area contributed by atoms with Crippen molar-refractivity contribution in [1.82, 2.24) is 9.88 Å². The van der Waals surface area contributed by atoms with Gasteiger partial charge in [-0.1, -0.05) is 36.8 Å². The molecule has 3 heterocycles. The Kier molecular flexibility index (Phi) is 4.94. The van der Waals surface area contributed by atoms with Crippen LogP contribution in [0, 0.1) is 28.6 Å². The van der Waals surface area contributed by atoms with Crippen LogP contribution in [0.2, 0.25) is 0 Å². The molecule has 1 amide bonds. The zero-order valence-corrected chi connectivity index (χ0v) is 17.3. The highest BCUT2D eigenvalue weighted by molar-refractivity contribution is 5.80. The summed E-state index contributed by atoms with van der Waals surface area (Å²) in [5, 5.41) is 9.26. The number of nitrogens with zero attached hydrogens (tertiary/aromatic N) is 4. The lowest BCUT2D eigenvalue weighted by molar-refractivity contribution is -0.137. The molecule has 2 saturated heterocycles. The molecule has 0 spiro atoms. The number of pyridine rings is 1. The second-order valence-electron chi connectivity index (χ2n) is 9.29. The Labute approximate surface area is 178 Å². The number of carbonyl (C=O) groups excluding carboxylic acids is 1. The normalized spacial score (nSPS) is 25.6. The van der Waals surface area contributed by atoms with Gasteiger partial charge in [-0.05, 0) is 43.4 Å². The lowest BCUT2D eigenvalue weighted by atomic mass is 9.76. The second kappa shape index (κ2) is 7.75. The zero-order chi connectivity index (χ0) is 20.6. The van der Waals surface area contributed by atoms with Crippen molar-refractivity contribution in [2.45, 2.75) is 32.1 Å². The maximum atomic E-state index is 13.0. The minimum absolute atomic E-state index is 0.0968. The van der Waals surface area contributed by atoms with Crippen LogP contribution in [-0.4, -0.2) is 42.0 Å². The van der Waals surface area contributed by atoms with E-state index in [2.05, 4.69) is 51.2 Å². The van der Waals surface area contributed by atoms with Crippen molar-refractivity contribution >= 4 is 11.7 Å². The predicted octanol–water partition coefficient (Wildman–Crippen LogP) is 3.65. The van der Waals surface area contributed by atoms with Crippen LogP contribution >= 0.6 is 0 Å². The first-order chi connectivity index (χ1) is 14.7. The van der Waals surface area contributed by atoms with Crippen molar-refractivity contribution in [3.63, 3.8) is 0 Å². The summed E-state index contributed by atoms with van der Waals surface area (Å²) >= 11 is 0. The highest BCUT2D eigenvalue weighted by atomic mass is 16.2. The van der Waals surface area contributed by atoms with Gasteiger partial charge in [-0.25, -0.2) is 4.98 Å². The second-order valence-corrected chi connectivity index (χ2v) is 9.29. The number of hydrogen-bond donors (Lipinski definition) is 0. The molecule has 5 nitrogen and oxygen atoms in total. The van der Waals surface area contributed by atoms with Crippen molar-refractivity contribution in [3.8, 4) is 6.07 Å². The Hall–Kier alpha value is -2.87. The van der Waals surface area contributed by atoms with E-state index in [0.29, 0.717) is 17.4 Å². The fourth-order valence-corrected chi connectivity index (χ4v) is 5.49. The van der Waals surface area contributed by atoms with E-state index in [4.69, 9.17) is 0 Å². The van der Waals surface area contributed by atoms with Crippen molar-refractivity contribution in [2.24, 2.45) is 17.3 Å². The molecule has 154 valence electrons. The standard InChI is InChI=1S/C25H28N4O/c26-14-20-10-12-27-23(13-20)28-15-22-16-29(24(30)21-7-4-8-21)18-25(22,17-28)11-9-19-5-2-1-3-6-19/h1-3,5-6,10,12-13,21-22H,4,7-9,11,15-18H2/t22-,25+/m0/s1. The number of nitriles is 1. The summed E-state index contributed by atoms with van der Waals surface area (Å²) in [6, 6.07) is 16.5. The Morgan fingerprint density at radius 3 is 2.73 bits per heavy atom. The summed E-state index contributed by atoms with van der Waals surface area (Å²) in [6.07, 6.45) is 7.15. The van der Waals surface area contributed by atoms with Crippen LogP contribution < -0.4 is 4.90 Å². The Morgan fingerprint density at radius 2 is 2.00 bits per heavy atom. The largest absolute Gasteiger partial charge is 0.356 e. The molecule has 1 aliphatic carbocycles. The molecular weight excluding hydrogens is 372 g/mol. The van der Waals surface area contributed by atoms with E-state index in [1.54, 1.807) is 12.3 Å². The highest BCUT2D eigenvalue weighted by Gasteiger charge is 2.54. The van der Waals surface area contributed by atoms with E-state index < -0.39 is 0 Å². The van der Waals surface area contributed by atoms with Gasteiger partial charge in [0.1, 0.15) is 5.82 Å². The van der Waals surface area contributed by atoms with E-state index in [9.17, 15) is 10.1 Å². The molecule has 0 radical (unpaired) electrons. The number of aromatic nitrogens is 1. The molecule has 0 unspecified atom stereocenters. The van der Waals surface area contributed by atoms with Gasteiger partial charge in [0.2, 0.25) is 5.91 Å². The summed E-state index contributed by atoms with van der Waals surface area (Å²) < 4.78 is 0. The van der Waals surface area contributed by atoms with Gasteiger partial charge in [0.25, 0.3) is 0 Å². The monoisotopic (exact) mass is 400 g/mol. The van der Waals surface area contributed by atoms with Crippen molar-refractivity contribution in [1.29, 1.82) is 5.26 Å². The number of hydrogen-bond acceptors (Lipinski definition) is 4. The number of anilines is 1. The van der Waals surface area contributed by atoms with Crippen LogP contribution in [0.1, 0.15) is 36.8 Å². The lowest BCUT2D eigenvalue weighted by Gasteiger charge is -2.33. The van der Waals surface area contributed by atoms with E-state index in [1.807, 2.05) is 6.07 Å². The molecule has 0 N–H and O–H groups in total. The van der Waals surface area contributed by atoms with Gasteiger partial charge in [-0.2, -0.15) is 5.26 Å². The number of amides is 1. The maximum absolute atomic E-state index is 13.0. The number of aryl methyl sites for hydroxylation is 1. The first kappa shape index (κ1) is 19.1. The first-order valence-corrected chi connectivity index (χ1v) is 11.1. The third kappa shape index (κ3) is 3.45. The fourth-order valence-electron chi connectivity index (χ4n) is 5.49. The topological polar surface area (TPSA) is 60.2 Å². The van der Waals surface area contributed by atoms with Gasteiger partial charge in [0, 0.05) is 49.6 Å². The quantitative estimate of drug-likeness (QED) is 0.769. The molecule has 1 aromatic heterocycles.